The molecular formula is C22H30ClN3. The van der Waals surface area contributed by atoms with Gasteiger partial charge in [-0.2, -0.15) is 0 Å². The lowest BCUT2D eigenvalue weighted by atomic mass is 10.0. The molecule has 2 rings (SSSR count). The molecule has 4 heteroatoms. The first-order valence-electron chi connectivity index (χ1n) is 9.28. The van der Waals surface area contributed by atoms with Crippen molar-refractivity contribution in [2.24, 2.45) is 10.9 Å². The third kappa shape index (κ3) is 5.77. The number of nitrogens with zero attached hydrogens (tertiary/aromatic N) is 2. The van der Waals surface area contributed by atoms with Crippen molar-refractivity contribution >= 4 is 17.4 Å². The summed E-state index contributed by atoms with van der Waals surface area (Å²) < 4.78 is 0. The van der Waals surface area contributed by atoms with Gasteiger partial charge in [0.15, 0.2) is 0 Å². The summed E-state index contributed by atoms with van der Waals surface area (Å²) in [7, 11) is 1.86. The van der Waals surface area contributed by atoms with Gasteiger partial charge in [-0.05, 0) is 36.2 Å². The van der Waals surface area contributed by atoms with Crippen LogP contribution in [0.3, 0.4) is 0 Å². The molecule has 1 N–H and O–H groups in total. The molecule has 0 radical (unpaired) electrons. The SMILES string of the molecule is C=CNC(=C)C(=C)N(Cc1ccc(Cl)cc1)C(CCC1CCCC1)=NC. The van der Waals surface area contributed by atoms with Gasteiger partial charge >= 0.3 is 0 Å². The Bertz CT molecular complexity index is 654. The Balaban J connectivity index is 2.15. The second kappa shape index (κ2) is 10.2. The largest absolute Gasteiger partial charge is 0.361 e. The van der Waals surface area contributed by atoms with Crippen LogP contribution < -0.4 is 5.32 Å². The van der Waals surface area contributed by atoms with E-state index >= 15 is 0 Å². The minimum atomic E-state index is 0.686. The molecule has 1 saturated carbocycles. The molecule has 1 fully saturated rings. The first-order chi connectivity index (χ1) is 12.5. The minimum Gasteiger partial charge on any atom is -0.361 e. The molecule has 1 aliphatic carbocycles. The topological polar surface area (TPSA) is 27.6 Å². The lowest BCUT2D eigenvalue weighted by molar-refractivity contribution is 0.467. The second-order valence-electron chi connectivity index (χ2n) is 6.82. The van der Waals surface area contributed by atoms with Gasteiger partial charge in [0.1, 0.15) is 5.84 Å². The van der Waals surface area contributed by atoms with E-state index in [4.69, 9.17) is 11.6 Å². The third-order valence-electron chi connectivity index (χ3n) is 5.03. The van der Waals surface area contributed by atoms with Crippen LogP contribution in [0.25, 0.3) is 0 Å². The summed E-state index contributed by atoms with van der Waals surface area (Å²) in [4.78, 5) is 6.74. The zero-order chi connectivity index (χ0) is 18.9. The molecule has 0 atom stereocenters. The number of benzene rings is 1. The predicted molar refractivity (Wildman–Crippen MR) is 113 cm³/mol. The van der Waals surface area contributed by atoms with Crippen molar-refractivity contribution in [3.05, 3.63) is 72.2 Å². The maximum absolute atomic E-state index is 6.02. The highest BCUT2D eigenvalue weighted by atomic mass is 35.5. The number of rotatable bonds is 9. The van der Waals surface area contributed by atoms with Crippen molar-refractivity contribution in [1.82, 2.24) is 10.2 Å². The van der Waals surface area contributed by atoms with Crippen LogP contribution in [0.5, 0.6) is 0 Å². The Hall–Kier alpha value is -2.00. The van der Waals surface area contributed by atoms with Crippen LogP contribution in [0, 0.1) is 5.92 Å². The fourth-order valence-corrected chi connectivity index (χ4v) is 3.61. The summed E-state index contributed by atoms with van der Waals surface area (Å²) in [6.07, 6.45) is 9.18. The van der Waals surface area contributed by atoms with Crippen LogP contribution in [0.2, 0.25) is 5.02 Å². The van der Waals surface area contributed by atoms with Gasteiger partial charge in [-0.25, -0.2) is 0 Å². The summed E-state index contributed by atoms with van der Waals surface area (Å²) >= 11 is 6.02. The molecule has 0 aromatic heterocycles. The van der Waals surface area contributed by atoms with Gasteiger partial charge in [0.25, 0.3) is 0 Å². The number of amidine groups is 1. The normalized spacial score (nSPS) is 14.9. The number of aliphatic imine (C=N–C) groups is 1. The molecule has 3 nitrogen and oxygen atoms in total. The van der Waals surface area contributed by atoms with E-state index in [0.29, 0.717) is 6.54 Å². The molecular weight excluding hydrogens is 342 g/mol. The van der Waals surface area contributed by atoms with E-state index in [1.807, 2.05) is 31.3 Å². The first kappa shape index (κ1) is 20.3. The van der Waals surface area contributed by atoms with Gasteiger partial charge in [-0.3, -0.25) is 4.99 Å². The molecule has 0 saturated heterocycles. The Kier molecular flexibility index (Phi) is 7.99. The monoisotopic (exact) mass is 371 g/mol. The Morgan fingerprint density at radius 3 is 2.50 bits per heavy atom. The van der Waals surface area contributed by atoms with E-state index in [2.05, 4.69) is 34.9 Å². The highest BCUT2D eigenvalue weighted by Crippen LogP contribution is 2.29. The maximum atomic E-state index is 6.02. The number of nitrogens with one attached hydrogen (secondary N) is 1. The average Bonchev–Trinajstić information content (AvgIpc) is 3.16. The number of hydrogen-bond acceptors (Lipinski definition) is 2. The first-order valence-corrected chi connectivity index (χ1v) is 9.66. The molecule has 26 heavy (non-hydrogen) atoms. The highest BCUT2D eigenvalue weighted by molar-refractivity contribution is 6.30. The van der Waals surface area contributed by atoms with E-state index in [1.165, 1.54) is 32.1 Å². The van der Waals surface area contributed by atoms with Crippen LogP contribution in [0.1, 0.15) is 44.1 Å². The fourth-order valence-electron chi connectivity index (χ4n) is 3.48. The van der Waals surface area contributed by atoms with Crippen molar-refractivity contribution in [2.75, 3.05) is 7.05 Å². The van der Waals surface area contributed by atoms with Crippen LogP contribution in [0.4, 0.5) is 0 Å². The summed E-state index contributed by atoms with van der Waals surface area (Å²) in [5, 5.41) is 3.79. The molecule has 0 unspecified atom stereocenters. The van der Waals surface area contributed by atoms with Gasteiger partial charge < -0.3 is 10.2 Å². The average molecular weight is 372 g/mol. The fraction of sp³-hybridized carbons (Fsp3) is 0.409. The smallest absolute Gasteiger partial charge is 0.103 e. The summed E-state index contributed by atoms with van der Waals surface area (Å²) in [5.74, 6) is 1.87. The van der Waals surface area contributed by atoms with Crippen LogP contribution in [-0.2, 0) is 6.54 Å². The predicted octanol–water partition coefficient (Wildman–Crippen LogP) is 5.90. The van der Waals surface area contributed by atoms with Crippen molar-refractivity contribution < 1.29 is 0 Å². The van der Waals surface area contributed by atoms with E-state index in [0.717, 1.165) is 40.2 Å². The maximum Gasteiger partial charge on any atom is 0.103 e. The summed E-state index contributed by atoms with van der Waals surface area (Å²) in [6.45, 7) is 12.7. The zero-order valence-electron chi connectivity index (χ0n) is 15.8. The zero-order valence-corrected chi connectivity index (χ0v) is 16.6. The lowest BCUT2D eigenvalue weighted by Crippen LogP contribution is -2.32. The Labute approximate surface area is 163 Å². The molecule has 0 spiro atoms. The van der Waals surface area contributed by atoms with Crippen molar-refractivity contribution in [3.8, 4) is 0 Å². The Morgan fingerprint density at radius 1 is 1.27 bits per heavy atom. The van der Waals surface area contributed by atoms with Crippen molar-refractivity contribution in [2.45, 2.75) is 45.1 Å². The van der Waals surface area contributed by atoms with Crippen molar-refractivity contribution in [1.29, 1.82) is 0 Å². The molecule has 1 aliphatic rings. The van der Waals surface area contributed by atoms with Gasteiger partial charge in [0, 0.05) is 25.0 Å². The molecule has 1 aromatic carbocycles. The van der Waals surface area contributed by atoms with Crippen molar-refractivity contribution in [3.63, 3.8) is 0 Å². The van der Waals surface area contributed by atoms with Gasteiger partial charge in [-0.1, -0.05) is 69.2 Å². The van der Waals surface area contributed by atoms with Gasteiger partial charge in [-0.15, -0.1) is 0 Å². The quantitative estimate of drug-likeness (QED) is 0.332. The Morgan fingerprint density at radius 2 is 1.92 bits per heavy atom. The minimum absolute atomic E-state index is 0.686. The van der Waals surface area contributed by atoms with E-state index in [1.54, 1.807) is 6.20 Å². The number of halogens is 1. The molecule has 0 amide bonds. The molecule has 0 aliphatic heterocycles. The summed E-state index contributed by atoms with van der Waals surface area (Å²) in [6, 6.07) is 7.90. The second-order valence-corrected chi connectivity index (χ2v) is 7.25. The molecule has 140 valence electrons. The van der Waals surface area contributed by atoms with Gasteiger partial charge in [0.05, 0.1) is 11.4 Å². The van der Waals surface area contributed by atoms with E-state index in [-0.39, 0.29) is 0 Å². The lowest BCUT2D eigenvalue weighted by Gasteiger charge is -2.30. The number of hydrogen-bond donors (Lipinski definition) is 1. The third-order valence-corrected chi connectivity index (χ3v) is 5.28. The standard InChI is InChI=1S/C22H30ClN3/c1-5-25-17(2)18(3)26(16-20-10-13-21(23)14-11-20)22(24-4)15-12-19-8-6-7-9-19/h5,10-11,13-14,19,25H,1-3,6-9,12,15-16H2,4H3. The van der Waals surface area contributed by atoms with Crippen LogP contribution >= 0.6 is 11.6 Å². The highest BCUT2D eigenvalue weighted by Gasteiger charge is 2.20. The van der Waals surface area contributed by atoms with E-state index in [9.17, 15) is 0 Å². The van der Waals surface area contributed by atoms with Crippen LogP contribution in [0.15, 0.2) is 66.6 Å². The van der Waals surface area contributed by atoms with E-state index < -0.39 is 0 Å². The molecule has 0 heterocycles. The summed E-state index contributed by atoms with van der Waals surface area (Å²) in [5.41, 5.74) is 2.70. The molecule has 0 bridgehead atoms. The van der Waals surface area contributed by atoms with Crippen LogP contribution in [-0.4, -0.2) is 17.8 Å². The molecule has 1 aromatic rings. The van der Waals surface area contributed by atoms with Gasteiger partial charge in [0.2, 0.25) is 0 Å².